The summed E-state index contributed by atoms with van der Waals surface area (Å²) >= 11 is 0. The molecule has 3 heterocycles. The number of fused-ring (bicyclic) bond motifs is 1. The number of likely N-dealkylation sites (tertiary alicyclic amines) is 1. The lowest BCUT2D eigenvalue weighted by molar-refractivity contribution is -0.0104. The fraction of sp³-hybridized carbons (Fsp3) is 0.548. The van der Waals surface area contributed by atoms with Gasteiger partial charge >= 0.3 is 12.2 Å². The van der Waals surface area contributed by atoms with Crippen LogP contribution in [0.3, 0.4) is 0 Å². The van der Waals surface area contributed by atoms with Crippen molar-refractivity contribution in [2.75, 3.05) is 29.9 Å². The number of nitrogens with zero attached hydrogens (tertiary/aromatic N) is 5. The monoisotopic (exact) mass is 596 g/mol. The van der Waals surface area contributed by atoms with Gasteiger partial charge in [-0.1, -0.05) is 6.07 Å². The maximum absolute atomic E-state index is 14.4. The number of β-amino-alcohol motifs (C(OH)–C–C–N with tert-alkyl or cyclic N) is 1. The molecule has 43 heavy (non-hydrogen) atoms. The number of aromatic nitrogens is 3. The minimum absolute atomic E-state index is 0.154. The Kier molecular flexibility index (Phi) is 8.26. The minimum Gasteiger partial charge on any atom is -0.444 e. The van der Waals surface area contributed by atoms with E-state index in [1.165, 1.54) is 28.0 Å². The van der Waals surface area contributed by atoms with Gasteiger partial charge in [0.1, 0.15) is 28.7 Å². The first-order chi connectivity index (χ1) is 20.2. The fourth-order valence-electron chi connectivity index (χ4n) is 5.10. The maximum atomic E-state index is 14.4. The Balaban J connectivity index is 1.44. The first-order valence-corrected chi connectivity index (χ1v) is 14.8. The van der Waals surface area contributed by atoms with Crippen molar-refractivity contribution in [1.29, 1.82) is 0 Å². The Labute approximate surface area is 251 Å². The average Bonchev–Trinajstić information content (AvgIpc) is 3.64. The number of hydrogen-bond acceptors (Lipinski definition) is 8. The number of piperidine rings is 1. The molecule has 3 aromatic rings. The van der Waals surface area contributed by atoms with Gasteiger partial charge in [0.15, 0.2) is 5.65 Å². The van der Waals surface area contributed by atoms with Gasteiger partial charge in [-0.3, -0.25) is 0 Å². The molecule has 232 valence electrons. The lowest BCUT2D eigenvalue weighted by atomic mass is 9.94. The molecular formula is C31H41FN6O5. The lowest BCUT2D eigenvalue weighted by Gasteiger charge is -2.36. The molecule has 2 N–H and O–H groups in total. The summed E-state index contributed by atoms with van der Waals surface area (Å²) in [6.45, 7) is 11.7. The van der Waals surface area contributed by atoms with Crippen LogP contribution in [0.15, 0.2) is 36.5 Å². The number of anilines is 3. The molecule has 1 aliphatic carbocycles. The number of halogens is 1. The number of ether oxygens (including phenoxy) is 2. The van der Waals surface area contributed by atoms with Crippen molar-refractivity contribution in [3.8, 4) is 0 Å². The highest BCUT2D eigenvalue weighted by Gasteiger charge is 2.34. The number of nitrogens with one attached hydrogen (secondary N) is 1. The van der Waals surface area contributed by atoms with Crippen LogP contribution in [0.5, 0.6) is 0 Å². The molecule has 1 aromatic carbocycles. The van der Waals surface area contributed by atoms with E-state index in [1.54, 1.807) is 43.6 Å². The number of aliphatic hydroxyl groups is 1. The number of hydrogen-bond donors (Lipinski definition) is 2. The van der Waals surface area contributed by atoms with E-state index in [0.29, 0.717) is 42.7 Å². The Morgan fingerprint density at radius 2 is 1.81 bits per heavy atom. The van der Waals surface area contributed by atoms with Crippen LogP contribution < -0.4 is 10.2 Å². The normalized spacial score (nSPS) is 19.3. The smallest absolute Gasteiger partial charge is 0.420 e. The summed E-state index contributed by atoms with van der Waals surface area (Å²) in [6.07, 6.45) is 2.49. The average molecular weight is 597 g/mol. The highest BCUT2D eigenvalue weighted by atomic mass is 19.1. The number of carbonyl (C=O) groups excluding carboxylic acids is 2. The summed E-state index contributed by atoms with van der Waals surface area (Å²) in [5.74, 6) is 0.478. The van der Waals surface area contributed by atoms with Crippen molar-refractivity contribution < 1.29 is 28.6 Å². The zero-order valence-electron chi connectivity index (χ0n) is 25.6. The van der Waals surface area contributed by atoms with Crippen LogP contribution >= 0.6 is 0 Å². The van der Waals surface area contributed by atoms with Gasteiger partial charge in [-0.05, 0) is 84.9 Å². The van der Waals surface area contributed by atoms with Gasteiger partial charge in [0.05, 0.1) is 24.5 Å². The molecule has 0 bridgehead atoms. The SMILES string of the molecule is CC(C)(C)OC(=O)N1CC[C@H](CNc2cc(N(C(=O)OC(C)(C)C)c3cccc(F)c3)n3ncc(C4CC4)c3n2)[C@@H](O)C1. The minimum atomic E-state index is -0.802. The van der Waals surface area contributed by atoms with Gasteiger partial charge in [0.2, 0.25) is 0 Å². The van der Waals surface area contributed by atoms with Crippen molar-refractivity contribution in [1.82, 2.24) is 19.5 Å². The standard InChI is InChI=1S/C31H41FN6O5/c1-30(2,3)42-28(40)36-13-12-20(24(39)18-36)16-33-25-15-26(38-27(35-25)23(17-34-38)19-10-11-19)37(29(41)43-31(4,5)6)22-9-7-8-21(32)14-22/h7-9,14-15,17,19-20,24,39H,10-13,16,18H2,1-6H3,(H,33,35)/t20-,24+/m1/s1. The number of benzene rings is 1. The molecule has 1 saturated heterocycles. The summed E-state index contributed by atoms with van der Waals surface area (Å²) in [4.78, 5) is 33.8. The summed E-state index contributed by atoms with van der Waals surface area (Å²) in [6, 6.07) is 7.41. The topological polar surface area (TPSA) is 122 Å². The molecule has 2 atom stereocenters. The summed E-state index contributed by atoms with van der Waals surface area (Å²) < 4.78 is 27.2. The van der Waals surface area contributed by atoms with Gasteiger partial charge in [0, 0.05) is 30.6 Å². The van der Waals surface area contributed by atoms with Gasteiger partial charge < -0.3 is 24.8 Å². The third kappa shape index (κ3) is 7.35. The van der Waals surface area contributed by atoms with Crippen LogP contribution in [-0.4, -0.2) is 73.7 Å². The predicted molar refractivity (Wildman–Crippen MR) is 160 cm³/mol. The van der Waals surface area contributed by atoms with Crippen molar-refractivity contribution in [2.24, 2.45) is 5.92 Å². The van der Waals surface area contributed by atoms with E-state index in [1.807, 2.05) is 20.8 Å². The zero-order valence-corrected chi connectivity index (χ0v) is 25.6. The highest BCUT2D eigenvalue weighted by Crippen LogP contribution is 2.43. The predicted octanol–water partition coefficient (Wildman–Crippen LogP) is 5.85. The Hall–Kier alpha value is -3.93. The number of rotatable bonds is 6. The Bertz CT molecular complexity index is 1490. The van der Waals surface area contributed by atoms with Crippen LogP contribution in [0, 0.1) is 11.7 Å². The maximum Gasteiger partial charge on any atom is 0.420 e. The van der Waals surface area contributed by atoms with Gasteiger partial charge in [-0.25, -0.2) is 23.9 Å². The van der Waals surface area contributed by atoms with Crippen LogP contribution in [0.1, 0.15) is 72.3 Å². The second kappa shape index (κ2) is 11.6. The molecule has 1 saturated carbocycles. The number of carbonyl (C=O) groups is 2. The molecule has 2 aliphatic rings. The van der Waals surface area contributed by atoms with E-state index in [0.717, 1.165) is 18.4 Å². The largest absolute Gasteiger partial charge is 0.444 e. The first-order valence-electron chi connectivity index (χ1n) is 14.8. The molecule has 12 heteroatoms. The van der Waals surface area contributed by atoms with E-state index in [2.05, 4.69) is 10.4 Å². The number of aliphatic hydroxyl groups excluding tert-OH is 1. The van der Waals surface area contributed by atoms with Gasteiger partial charge in [-0.2, -0.15) is 9.61 Å². The van der Waals surface area contributed by atoms with Crippen LogP contribution in [0.2, 0.25) is 0 Å². The molecule has 11 nitrogen and oxygen atoms in total. The molecule has 0 unspecified atom stereocenters. The Morgan fingerprint density at radius 1 is 1.09 bits per heavy atom. The molecule has 5 rings (SSSR count). The van der Waals surface area contributed by atoms with Crippen LogP contribution in [-0.2, 0) is 9.47 Å². The summed E-state index contributed by atoms with van der Waals surface area (Å²) in [5.41, 5.74) is 0.422. The summed E-state index contributed by atoms with van der Waals surface area (Å²) in [7, 11) is 0. The van der Waals surface area contributed by atoms with E-state index < -0.39 is 35.3 Å². The molecule has 0 spiro atoms. The van der Waals surface area contributed by atoms with E-state index >= 15 is 0 Å². The van der Waals surface area contributed by atoms with Gasteiger partial charge in [0.25, 0.3) is 0 Å². The number of amides is 2. The molecule has 1 aliphatic heterocycles. The quantitative estimate of drug-likeness (QED) is 0.364. The second-order valence-corrected chi connectivity index (χ2v) is 13.3. The highest BCUT2D eigenvalue weighted by molar-refractivity contribution is 5.96. The molecule has 0 radical (unpaired) electrons. The molecule has 2 fully saturated rings. The lowest BCUT2D eigenvalue weighted by Crippen LogP contribution is -2.49. The van der Waals surface area contributed by atoms with Crippen molar-refractivity contribution in [3.63, 3.8) is 0 Å². The Morgan fingerprint density at radius 3 is 2.44 bits per heavy atom. The second-order valence-electron chi connectivity index (χ2n) is 13.3. The third-order valence-corrected chi connectivity index (χ3v) is 7.29. The van der Waals surface area contributed by atoms with Crippen LogP contribution in [0.4, 0.5) is 31.3 Å². The van der Waals surface area contributed by atoms with Crippen molar-refractivity contribution >= 4 is 35.2 Å². The van der Waals surface area contributed by atoms with Gasteiger partial charge in [-0.15, -0.1) is 0 Å². The van der Waals surface area contributed by atoms with Crippen molar-refractivity contribution in [3.05, 3.63) is 47.9 Å². The summed E-state index contributed by atoms with van der Waals surface area (Å²) in [5, 5.41) is 18.8. The van der Waals surface area contributed by atoms with Crippen LogP contribution in [0.25, 0.3) is 5.65 Å². The van der Waals surface area contributed by atoms with Crippen molar-refractivity contribution in [2.45, 2.75) is 84.0 Å². The van der Waals surface area contributed by atoms with E-state index in [-0.39, 0.29) is 18.2 Å². The molecule has 2 amide bonds. The molecule has 2 aromatic heterocycles. The first kappa shape index (κ1) is 30.5. The molecular weight excluding hydrogens is 555 g/mol. The third-order valence-electron chi connectivity index (χ3n) is 7.29. The van der Waals surface area contributed by atoms with E-state index in [4.69, 9.17) is 14.5 Å². The fourth-order valence-corrected chi connectivity index (χ4v) is 5.10. The van der Waals surface area contributed by atoms with E-state index in [9.17, 15) is 19.1 Å². The zero-order chi connectivity index (χ0) is 31.1.